The van der Waals surface area contributed by atoms with Crippen LogP contribution in [-0.4, -0.2) is 56.5 Å². The Morgan fingerprint density at radius 1 is 1.26 bits per heavy atom. The number of cyclic esters (lactones) is 1. The fourth-order valence-electron chi connectivity index (χ4n) is 4.21. The van der Waals surface area contributed by atoms with Gasteiger partial charge in [-0.3, -0.25) is 14.7 Å². The van der Waals surface area contributed by atoms with E-state index < -0.39 is 0 Å². The molecule has 1 fully saturated rings. The summed E-state index contributed by atoms with van der Waals surface area (Å²) in [5, 5.41) is 11.4. The lowest BCUT2D eigenvalue weighted by molar-refractivity contribution is -0.141. The molecule has 0 radical (unpaired) electrons. The molecule has 2 aromatic heterocycles. The molecule has 2 aliphatic rings. The van der Waals surface area contributed by atoms with Crippen LogP contribution in [0.5, 0.6) is 0 Å². The summed E-state index contributed by atoms with van der Waals surface area (Å²) < 4.78 is 11.8. The lowest BCUT2D eigenvalue weighted by Crippen LogP contribution is -2.33. The molecule has 5 rings (SSSR count). The van der Waals surface area contributed by atoms with E-state index in [1.165, 1.54) is 7.11 Å². The van der Waals surface area contributed by atoms with Crippen molar-refractivity contribution in [1.82, 2.24) is 25.2 Å². The number of tetrazole rings is 1. The fourth-order valence-corrected chi connectivity index (χ4v) is 4.21. The number of anilines is 1. The minimum Gasteiger partial charge on any atom is -0.469 e. The summed E-state index contributed by atoms with van der Waals surface area (Å²) in [4.78, 5) is 30.1. The summed E-state index contributed by atoms with van der Waals surface area (Å²) in [7, 11) is 3.12. The first kappa shape index (κ1) is 19.2. The van der Waals surface area contributed by atoms with Crippen LogP contribution in [0.3, 0.4) is 0 Å². The Kier molecular flexibility index (Phi) is 4.61. The summed E-state index contributed by atoms with van der Waals surface area (Å²) in [5.74, 6) is 0.290. The van der Waals surface area contributed by atoms with Crippen LogP contribution in [0, 0.1) is 0 Å². The molecule has 2 atom stereocenters. The van der Waals surface area contributed by atoms with Crippen molar-refractivity contribution < 1.29 is 19.1 Å². The second-order valence-corrected chi connectivity index (χ2v) is 7.58. The number of rotatable bonds is 5. The molecule has 1 aromatic carbocycles. The molecule has 3 aromatic rings. The Balaban J connectivity index is 1.37. The number of aryl methyl sites for hydroxylation is 1. The zero-order chi connectivity index (χ0) is 21.5. The Bertz CT molecular complexity index is 1160. The maximum Gasteiger partial charge on any atom is 0.415 e. The fraction of sp³-hybridized carbons (Fsp3) is 0.333. The predicted molar refractivity (Wildman–Crippen MR) is 109 cm³/mol. The maximum absolute atomic E-state index is 12.4. The van der Waals surface area contributed by atoms with E-state index in [2.05, 4.69) is 26.6 Å². The van der Waals surface area contributed by atoms with Crippen molar-refractivity contribution in [1.29, 1.82) is 0 Å². The quantitative estimate of drug-likeness (QED) is 0.577. The minimum atomic E-state index is -0.366. The largest absolute Gasteiger partial charge is 0.469 e. The molecule has 4 heterocycles. The number of fused-ring (bicyclic) bond motifs is 3. The number of nitrogens with zero attached hydrogens (tertiary/aromatic N) is 6. The van der Waals surface area contributed by atoms with Gasteiger partial charge in [0, 0.05) is 25.2 Å². The van der Waals surface area contributed by atoms with Gasteiger partial charge in [-0.25, -0.2) is 9.48 Å². The normalized spacial score (nSPS) is 19.2. The van der Waals surface area contributed by atoms with Gasteiger partial charge in [0.15, 0.2) is 5.82 Å². The van der Waals surface area contributed by atoms with Gasteiger partial charge in [0.25, 0.3) is 0 Å². The van der Waals surface area contributed by atoms with Crippen LogP contribution in [0.4, 0.5) is 10.5 Å². The summed E-state index contributed by atoms with van der Waals surface area (Å²) in [6.07, 6.45) is 2.44. The molecule has 1 amide bonds. The molecule has 0 unspecified atom stereocenters. The number of carbonyl (C=O) groups excluding carboxylic acids is 2. The molecule has 31 heavy (non-hydrogen) atoms. The van der Waals surface area contributed by atoms with Gasteiger partial charge in [-0.2, -0.15) is 0 Å². The highest BCUT2D eigenvalue weighted by Crippen LogP contribution is 2.41. The van der Waals surface area contributed by atoms with E-state index in [0.717, 1.165) is 22.4 Å². The van der Waals surface area contributed by atoms with Crippen LogP contribution in [0.15, 0.2) is 36.5 Å². The van der Waals surface area contributed by atoms with Crippen LogP contribution in [0.2, 0.25) is 0 Å². The summed E-state index contributed by atoms with van der Waals surface area (Å²) in [6.45, 7) is 0. The van der Waals surface area contributed by atoms with Crippen molar-refractivity contribution in [2.24, 2.45) is 7.05 Å². The topological polar surface area (TPSA) is 112 Å². The van der Waals surface area contributed by atoms with Gasteiger partial charge in [-0.1, -0.05) is 12.1 Å². The van der Waals surface area contributed by atoms with Gasteiger partial charge in [0.1, 0.15) is 11.8 Å². The van der Waals surface area contributed by atoms with Gasteiger partial charge in [0.2, 0.25) is 0 Å². The van der Waals surface area contributed by atoms with E-state index in [1.54, 1.807) is 22.8 Å². The summed E-state index contributed by atoms with van der Waals surface area (Å²) >= 11 is 0. The molecule has 10 nitrogen and oxygen atoms in total. The standard InChI is InChI=1S/C21H20N6O4/c1-26-20(23-24-25-26)15-5-3-13(11-22-15)12-4-6-16-14(9-12)10-17-18(7-8-19(28)30-2)31-21(29)27(16)17/h3-6,9,11,17-18H,7-8,10H2,1-2H3/t17-,18-/m0/s1. The van der Waals surface area contributed by atoms with E-state index in [9.17, 15) is 9.59 Å². The number of hydrogen-bond acceptors (Lipinski definition) is 8. The van der Waals surface area contributed by atoms with Crippen LogP contribution < -0.4 is 4.90 Å². The van der Waals surface area contributed by atoms with Crippen molar-refractivity contribution in [2.45, 2.75) is 31.4 Å². The molecule has 158 valence electrons. The number of carbonyl (C=O) groups is 2. The molecule has 2 aliphatic heterocycles. The van der Waals surface area contributed by atoms with E-state index >= 15 is 0 Å². The zero-order valence-electron chi connectivity index (χ0n) is 17.1. The molecule has 0 bridgehead atoms. The number of aromatic nitrogens is 5. The first-order valence-electron chi connectivity index (χ1n) is 9.94. The minimum absolute atomic E-state index is 0.105. The predicted octanol–water partition coefficient (Wildman–Crippen LogP) is 2.14. The Hall–Kier alpha value is -3.82. The lowest BCUT2D eigenvalue weighted by Gasteiger charge is -2.16. The van der Waals surface area contributed by atoms with Gasteiger partial charge < -0.3 is 9.47 Å². The molecule has 0 saturated carbocycles. The lowest BCUT2D eigenvalue weighted by atomic mass is 9.99. The van der Waals surface area contributed by atoms with E-state index in [0.29, 0.717) is 24.4 Å². The summed E-state index contributed by atoms with van der Waals surface area (Å²) in [6, 6.07) is 9.74. The van der Waals surface area contributed by atoms with E-state index in [1.807, 2.05) is 24.3 Å². The highest BCUT2D eigenvalue weighted by molar-refractivity contribution is 5.94. The highest BCUT2D eigenvalue weighted by atomic mass is 16.6. The van der Waals surface area contributed by atoms with Crippen LogP contribution in [0.25, 0.3) is 22.6 Å². The second kappa shape index (κ2) is 7.46. The van der Waals surface area contributed by atoms with Crippen LogP contribution in [0.1, 0.15) is 18.4 Å². The van der Waals surface area contributed by atoms with Crippen molar-refractivity contribution in [3.05, 3.63) is 42.1 Å². The Morgan fingerprint density at radius 3 is 2.81 bits per heavy atom. The molecule has 0 N–H and O–H groups in total. The number of ether oxygens (including phenoxy) is 2. The average molecular weight is 420 g/mol. The van der Waals surface area contributed by atoms with Crippen molar-refractivity contribution in [2.75, 3.05) is 12.0 Å². The molecule has 1 saturated heterocycles. The molecule has 0 spiro atoms. The number of amides is 1. The van der Waals surface area contributed by atoms with Crippen LogP contribution >= 0.6 is 0 Å². The SMILES string of the molecule is COC(=O)CC[C@@H]1OC(=O)N2c3ccc(-c4ccc(-c5nnnn5C)nc4)cc3C[C@@H]12. The third-order valence-electron chi connectivity index (χ3n) is 5.78. The first-order chi connectivity index (χ1) is 15.0. The molecule has 10 heteroatoms. The molecular formula is C21H20N6O4. The van der Waals surface area contributed by atoms with Crippen molar-refractivity contribution in [3.63, 3.8) is 0 Å². The van der Waals surface area contributed by atoms with E-state index in [4.69, 9.17) is 9.47 Å². The van der Waals surface area contributed by atoms with Gasteiger partial charge >= 0.3 is 12.1 Å². The molecule has 0 aliphatic carbocycles. The van der Waals surface area contributed by atoms with E-state index in [-0.39, 0.29) is 30.6 Å². The third kappa shape index (κ3) is 3.29. The van der Waals surface area contributed by atoms with Gasteiger partial charge in [-0.05, 0) is 52.6 Å². The summed E-state index contributed by atoms with van der Waals surface area (Å²) in [5.41, 5.74) is 4.58. The van der Waals surface area contributed by atoms with Gasteiger partial charge in [0.05, 0.1) is 18.8 Å². The molecular weight excluding hydrogens is 400 g/mol. The number of hydrogen-bond donors (Lipinski definition) is 0. The number of benzene rings is 1. The third-order valence-corrected chi connectivity index (χ3v) is 5.78. The van der Waals surface area contributed by atoms with Crippen molar-refractivity contribution in [3.8, 4) is 22.6 Å². The Labute approximate surface area is 177 Å². The number of esters is 1. The van der Waals surface area contributed by atoms with Crippen molar-refractivity contribution >= 4 is 17.7 Å². The second-order valence-electron chi connectivity index (χ2n) is 7.58. The number of methoxy groups -OCH3 is 1. The number of pyridine rings is 1. The van der Waals surface area contributed by atoms with Crippen LogP contribution in [-0.2, 0) is 27.7 Å². The van der Waals surface area contributed by atoms with Gasteiger partial charge in [-0.15, -0.1) is 5.10 Å². The average Bonchev–Trinajstić information content (AvgIpc) is 3.46. The monoisotopic (exact) mass is 420 g/mol. The highest BCUT2D eigenvalue weighted by Gasteiger charge is 2.47. The smallest absolute Gasteiger partial charge is 0.415 e. The Morgan fingerprint density at radius 2 is 2.10 bits per heavy atom. The zero-order valence-corrected chi connectivity index (χ0v) is 17.1. The maximum atomic E-state index is 12.4. The first-order valence-corrected chi connectivity index (χ1v) is 9.94.